The van der Waals surface area contributed by atoms with E-state index in [1.54, 1.807) is 29.2 Å². The van der Waals surface area contributed by atoms with Crippen molar-refractivity contribution in [3.63, 3.8) is 0 Å². The molecular weight excluding hydrogens is 410 g/mol. The highest BCUT2D eigenvalue weighted by atomic mass is 32.2. The van der Waals surface area contributed by atoms with Crippen molar-refractivity contribution in [1.29, 1.82) is 0 Å². The summed E-state index contributed by atoms with van der Waals surface area (Å²) in [6.07, 6.45) is 4.71. The number of hydrogen-bond donors (Lipinski definition) is 1. The lowest BCUT2D eigenvalue weighted by Gasteiger charge is -2.01. The third kappa shape index (κ3) is 4.28. The fourth-order valence-electron chi connectivity index (χ4n) is 2.56. The molecule has 1 N–H and O–H groups in total. The molecule has 2 aromatic carbocycles. The van der Waals surface area contributed by atoms with Gasteiger partial charge in [-0.1, -0.05) is 29.8 Å². The highest BCUT2D eigenvalue weighted by molar-refractivity contribution is 8.19. The molecule has 0 atom stereocenters. The van der Waals surface area contributed by atoms with Gasteiger partial charge in [-0.25, -0.2) is 9.67 Å². The molecule has 0 bridgehead atoms. The van der Waals surface area contributed by atoms with E-state index in [1.165, 1.54) is 18.5 Å². The predicted octanol–water partition coefficient (Wildman–Crippen LogP) is 2.52. The van der Waals surface area contributed by atoms with Gasteiger partial charge in [0.1, 0.15) is 12.7 Å². The van der Waals surface area contributed by atoms with Gasteiger partial charge in [0.05, 0.1) is 15.5 Å². The number of carbonyl (C=O) groups is 1. The first-order chi connectivity index (χ1) is 13.9. The Kier molecular flexibility index (Phi) is 5.03. The number of hydrogen-bond acceptors (Lipinski definition) is 6. The molecule has 4 rings (SSSR count). The first kappa shape index (κ1) is 19.1. The summed E-state index contributed by atoms with van der Waals surface area (Å²) in [6.45, 7) is 1.87. The minimum atomic E-state index is -3.90. The lowest BCUT2D eigenvalue weighted by Crippen LogP contribution is -2.20. The van der Waals surface area contributed by atoms with Crippen LogP contribution in [0.25, 0.3) is 11.8 Å². The number of nitrogens with one attached hydrogen (secondary N) is 1. The number of amides is 1. The third-order valence-electron chi connectivity index (χ3n) is 4.05. The van der Waals surface area contributed by atoms with Crippen LogP contribution in [0.15, 0.2) is 75.4 Å². The molecule has 0 aliphatic carbocycles. The fourth-order valence-corrected chi connectivity index (χ4v) is 4.54. The number of carbonyl (C=O) groups excluding carboxylic acids is 1. The van der Waals surface area contributed by atoms with Crippen LogP contribution in [0.4, 0.5) is 0 Å². The Hall–Kier alpha value is -3.24. The maximum absolute atomic E-state index is 12.4. The molecule has 2 heterocycles. The minimum Gasteiger partial charge on any atom is -0.300 e. The van der Waals surface area contributed by atoms with E-state index in [0.717, 1.165) is 28.6 Å². The molecule has 1 aliphatic heterocycles. The average Bonchev–Trinajstić information content (AvgIpc) is 3.33. The second-order valence-corrected chi connectivity index (χ2v) is 8.82. The van der Waals surface area contributed by atoms with Crippen molar-refractivity contribution < 1.29 is 13.2 Å². The van der Waals surface area contributed by atoms with Crippen molar-refractivity contribution in [3.8, 4) is 5.69 Å². The van der Waals surface area contributed by atoms with Crippen LogP contribution in [0.2, 0.25) is 0 Å². The molecule has 1 saturated heterocycles. The van der Waals surface area contributed by atoms with E-state index < -0.39 is 15.9 Å². The summed E-state index contributed by atoms with van der Waals surface area (Å²) in [5, 5.41) is 6.58. The van der Waals surface area contributed by atoms with Crippen LogP contribution in [-0.2, 0) is 14.8 Å². The smallest absolute Gasteiger partial charge is 0.284 e. The number of benzene rings is 2. The van der Waals surface area contributed by atoms with E-state index in [9.17, 15) is 13.2 Å². The fraction of sp³-hybridized carbons (Fsp3) is 0.0526. The Bertz CT molecular complexity index is 1210. The number of aromatic nitrogens is 3. The van der Waals surface area contributed by atoms with Crippen molar-refractivity contribution in [2.75, 3.05) is 0 Å². The van der Waals surface area contributed by atoms with Crippen molar-refractivity contribution >= 4 is 38.9 Å². The molecule has 1 aromatic heterocycles. The Morgan fingerprint density at radius 2 is 1.83 bits per heavy atom. The van der Waals surface area contributed by atoms with Gasteiger partial charge in [-0.05, 0) is 54.6 Å². The summed E-state index contributed by atoms with van der Waals surface area (Å²) in [5.41, 5.74) is 2.56. The standard InChI is InChI=1S/C19H15N5O3S2/c1-13-2-8-16(9-3-13)29(26,27)23-19-22-18(25)17(28-19)10-14-4-6-15(7-5-14)24-12-20-11-21-24/h2-12H,1H3,(H,22,23,25)/b17-10-. The van der Waals surface area contributed by atoms with Crippen LogP contribution >= 0.6 is 11.8 Å². The molecule has 10 heteroatoms. The van der Waals surface area contributed by atoms with Gasteiger partial charge in [0.25, 0.3) is 15.9 Å². The van der Waals surface area contributed by atoms with Crippen LogP contribution in [0.3, 0.4) is 0 Å². The van der Waals surface area contributed by atoms with Crippen LogP contribution < -0.4 is 5.32 Å². The quantitative estimate of drug-likeness (QED) is 0.644. The second-order valence-electron chi connectivity index (χ2n) is 6.18. The second kappa shape index (κ2) is 7.64. The third-order valence-corrected chi connectivity index (χ3v) is 6.36. The van der Waals surface area contributed by atoms with Crippen LogP contribution in [0, 0.1) is 6.92 Å². The molecule has 0 unspecified atom stereocenters. The van der Waals surface area contributed by atoms with Crippen LogP contribution in [0.5, 0.6) is 0 Å². The molecule has 0 radical (unpaired) electrons. The van der Waals surface area contributed by atoms with E-state index in [4.69, 9.17) is 0 Å². The summed E-state index contributed by atoms with van der Waals surface area (Å²) in [4.78, 5) is 16.5. The lowest BCUT2D eigenvalue weighted by molar-refractivity contribution is -0.115. The summed E-state index contributed by atoms with van der Waals surface area (Å²) in [5.74, 6) is -0.395. The number of thioether (sulfide) groups is 1. The maximum atomic E-state index is 12.4. The van der Waals surface area contributed by atoms with Gasteiger partial charge in [-0.3, -0.25) is 10.1 Å². The van der Waals surface area contributed by atoms with E-state index in [1.807, 2.05) is 31.2 Å². The molecule has 0 spiro atoms. The lowest BCUT2D eigenvalue weighted by atomic mass is 10.2. The van der Waals surface area contributed by atoms with E-state index >= 15 is 0 Å². The molecule has 1 fully saturated rings. The van der Waals surface area contributed by atoms with Crippen LogP contribution in [-0.4, -0.2) is 34.3 Å². The Morgan fingerprint density at radius 3 is 2.48 bits per heavy atom. The van der Waals surface area contributed by atoms with Crippen molar-refractivity contribution in [1.82, 2.24) is 20.1 Å². The van der Waals surface area contributed by atoms with Crippen molar-refractivity contribution in [3.05, 3.63) is 77.2 Å². The van der Waals surface area contributed by atoms with E-state index in [0.29, 0.717) is 4.91 Å². The van der Waals surface area contributed by atoms with Gasteiger partial charge in [0.2, 0.25) is 0 Å². The average molecular weight is 425 g/mol. The summed E-state index contributed by atoms with van der Waals surface area (Å²) in [7, 11) is -3.90. The predicted molar refractivity (Wildman–Crippen MR) is 111 cm³/mol. The van der Waals surface area contributed by atoms with Gasteiger partial charge in [-0.2, -0.15) is 13.5 Å². The molecule has 1 aliphatic rings. The Labute approximate surface area is 171 Å². The van der Waals surface area contributed by atoms with Gasteiger partial charge < -0.3 is 0 Å². The number of rotatable bonds is 4. The van der Waals surface area contributed by atoms with E-state index in [2.05, 4.69) is 19.8 Å². The van der Waals surface area contributed by atoms with Gasteiger partial charge >= 0.3 is 0 Å². The molecule has 3 aromatic rings. The normalized spacial score (nSPS) is 17.1. The van der Waals surface area contributed by atoms with Gasteiger partial charge in [-0.15, -0.1) is 4.40 Å². The highest BCUT2D eigenvalue weighted by Gasteiger charge is 2.26. The van der Waals surface area contributed by atoms with Crippen molar-refractivity contribution in [2.24, 2.45) is 4.40 Å². The number of aryl methyl sites for hydroxylation is 1. The molecule has 1 amide bonds. The zero-order valence-electron chi connectivity index (χ0n) is 15.2. The largest absolute Gasteiger partial charge is 0.300 e. The zero-order valence-corrected chi connectivity index (χ0v) is 16.8. The molecular formula is C19H15N5O3S2. The zero-order chi connectivity index (χ0) is 20.4. The summed E-state index contributed by atoms with van der Waals surface area (Å²) in [6, 6.07) is 13.7. The molecule has 8 nitrogen and oxygen atoms in total. The topological polar surface area (TPSA) is 106 Å². The van der Waals surface area contributed by atoms with Crippen molar-refractivity contribution in [2.45, 2.75) is 11.8 Å². The Morgan fingerprint density at radius 1 is 1.10 bits per heavy atom. The number of nitrogens with zero attached hydrogens (tertiary/aromatic N) is 4. The molecule has 0 saturated carbocycles. The summed E-state index contributed by atoms with van der Waals surface area (Å²) < 4.78 is 30.3. The van der Waals surface area contributed by atoms with E-state index in [-0.39, 0.29) is 10.1 Å². The monoisotopic (exact) mass is 425 g/mol. The van der Waals surface area contributed by atoms with Gasteiger partial charge in [0, 0.05) is 0 Å². The van der Waals surface area contributed by atoms with Crippen LogP contribution in [0.1, 0.15) is 11.1 Å². The SMILES string of the molecule is Cc1ccc(S(=O)(=O)/N=C2/NC(=O)/C(=C/c3ccc(-n4cncn4)cc3)S2)cc1. The molecule has 29 heavy (non-hydrogen) atoms. The molecule has 146 valence electrons. The first-order valence-corrected chi connectivity index (χ1v) is 10.7. The minimum absolute atomic E-state index is 0.0288. The number of amidine groups is 1. The summed E-state index contributed by atoms with van der Waals surface area (Å²) >= 11 is 0.984. The number of sulfonamides is 1. The first-order valence-electron chi connectivity index (χ1n) is 8.48. The van der Waals surface area contributed by atoms with Gasteiger partial charge in [0.15, 0.2) is 5.17 Å². The highest BCUT2D eigenvalue weighted by Crippen LogP contribution is 2.27. The maximum Gasteiger partial charge on any atom is 0.284 e. The Balaban J connectivity index is 1.54.